The molecule has 0 radical (unpaired) electrons. The van der Waals surface area contributed by atoms with Crippen molar-refractivity contribution in [3.8, 4) is 17.6 Å². The molecule has 0 atom stereocenters. The maximum atomic E-state index is 15.3. The molecule has 8 nitrogen and oxygen atoms in total. The SMILES string of the molecule is CS(=O)(=O)CCNC(=O)c1ccc(NC(=O)Cc2ccc(Br)c(Oc3cc(Cl)cc(C#N)c3)c2F)c(Cl)c1. The van der Waals surface area contributed by atoms with Crippen LogP contribution in [0.1, 0.15) is 21.5 Å². The number of halogens is 4. The molecule has 0 heterocycles. The molecule has 0 aromatic heterocycles. The van der Waals surface area contributed by atoms with E-state index >= 15 is 4.39 Å². The maximum absolute atomic E-state index is 15.3. The maximum Gasteiger partial charge on any atom is 0.251 e. The van der Waals surface area contributed by atoms with Crippen molar-refractivity contribution in [3.63, 3.8) is 0 Å². The Kier molecular flexibility index (Phi) is 9.73. The van der Waals surface area contributed by atoms with E-state index in [4.69, 9.17) is 33.2 Å². The monoisotopic (exact) mass is 641 g/mol. The van der Waals surface area contributed by atoms with Gasteiger partial charge in [-0.25, -0.2) is 12.8 Å². The van der Waals surface area contributed by atoms with Crippen molar-refractivity contribution in [3.05, 3.63) is 85.6 Å². The summed E-state index contributed by atoms with van der Waals surface area (Å²) in [6, 6.07) is 13.2. The standard InChI is InChI=1S/C25H19BrCl2FN3O5S/c1-38(35,36)7-6-31-25(34)16-3-5-21(20(28)10-16)32-22(33)11-15-2-4-19(26)24(23(15)29)37-18-9-14(13-30)8-17(27)12-18/h2-5,8-10,12H,6-7,11H2,1H3,(H,31,34)(H,32,33). The van der Waals surface area contributed by atoms with E-state index in [1.165, 1.54) is 48.5 Å². The molecule has 0 saturated heterocycles. The van der Waals surface area contributed by atoms with E-state index in [9.17, 15) is 18.0 Å². The van der Waals surface area contributed by atoms with Gasteiger partial charge >= 0.3 is 0 Å². The average Bonchev–Trinajstić information content (AvgIpc) is 2.83. The predicted octanol–water partition coefficient (Wildman–Crippen LogP) is 5.51. The van der Waals surface area contributed by atoms with Crippen molar-refractivity contribution in [1.29, 1.82) is 5.26 Å². The lowest BCUT2D eigenvalue weighted by Gasteiger charge is -2.13. The summed E-state index contributed by atoms with van der Waals surface area (Å²) in [5.41, 5.74) is 0.624. The predicted molar refractivity (Wildman–Crippen MR) is 146 cm³/mol. The van der Waals surface area contributed by atoms with Crippen LogP contribution in [0.5, 0.6) is 11.5 Å². The summed E-state index contributed by atoms with van der Waals surface area (Å²) < 4.78 is 43.6. The Hall–Kier alpha value is -3.17. The van der Waals surface area contributed by atoms with Gasteiger partial charge in [0.1, 0.15) is 15.6 Å². The molecule has 0 aliphatic heterocycles. The summed E-state index contributed by atoms with van der Waals surface area (Å²) in [5, 5.41) is 14.4. The third-order valence-corrected chi connectivity index (χ3v) is 7.07. The molecule has 2 amide bonds. The summed E-state index contributed by atoms with van der Waals surface area (Å²) in [6.07, 6.45) is 0.699. The molecule has 198 valence electrons. The number of rotatable bonds is 9. The van der Waals surface area contributed by atoms with E-state index in [1.807, 2.05) is 6.07 Å². The lowest BCUT2D eigenvalue weighted by molar-refractivity contribution is -0.115. The molecule has 2 N–H and O–H groups in total. The molecule has 0 spiro atoms. The van der Waals surface area contributed by atoms with Crippen LogP contribution >= 0.6 is 39.1 Å². The fourth-order valence-electron chi connectivity index (χ4n) is 3.18. The Morgan fingerprint density at radius 2 is 1.87 bits per heavy atom. The Bertz CT molecular complexity index is 1560. The zero-order valence-corrected chi connectivity index (χ0v) is 23.6. The van der Waals surface area contributed by atoms with Crippen LogP contribution in [0.15, 0.2) is 53.0 Å². The second kappa shape index (κ2) is 12.6. The van der Waals surface area contributed by atoms with E-state index in [-0.39, 0.29) is 67.1 Å². The van der Waals surface area contributed by atoms with Gasteiger partial charge in [-0.15, -0.1) is 0 Å². The number of nitrogens with one attached hydrogen (secondary N) is 2. The number of hydrogen-bond donors (Lipinski definition) is 2. The Balaban J connectivity index is 1.70. The molecule has 3 aromatic rings. The molecule has 0 aliphatic carbocycles. The number of carbonyl (C=O) groups is 2. The number of amides is 2. The van der Waals surface area contributed by atoms with Crippen molar-refractivity contribution in [1.82, 2.24) is 5.32 Å². The van der Waals surface area contributed by atoms with Crippen molar-refractivity contribution in [2.75, 3.05) is 23.9 Å². The molecular formula is C25H19BrCl2FN3O5S. The largest absolute Gasteiger partial charge is 0.453 e. The van der Waals surface area contributed by atoms with Gasteiger partial charge in [0.05, 0.1) is 39.0 Å². The van der Waals surface area contributed by atoms with E-state index in [0.29, 0.717) is 0 Å². The zero-order chi connectivity index (χ0) is 28.0. The van der Waals surface area contributed by atoms with Crippen molar-refractivity contribution in [2.45, 2.75) is 6.42 Å². The first-order valence-corrected chi connectivity index (χ1v) is 14.4. The van der Waals surface area contributed by atoms with Gasteiger partial charge in [0.2, 0.25) is 5.91 Å². The van der Waals surface area contributed by atoms with E-state index < -0.39 is 27.5 Å². The van der Waals surface area contributed by atoms with Crippen LogP contribution in [0.3, 0.4) is 0 Å². The fraction of sp³-hybridized carbons (Fsp3) is 0.160. The highest BCUT2D eigenvalue weighted by Crippen LogP contribution is 2.36. The van der Waals surface area contributed by atoms with Gasteiger partial charge in [-0.1, -0.05) is 29.3 Å². The van der Waals surface area contributed by atoms with Gasteiger partial charge in [0.25, 0.3) is 5.91 Å². The topological polar surface area (TPSA) is 125 Å². The highest BCUT2D eigenvalue weighted by molar-refractivity contribution is 9.10. The number of ether oxygens (including phenoxy) is 1. The lowest BCUT2D eigenvalue weighted by atomic mass is 10.1. The van der Waals surface area contributed by atoms with Gasteiger partial charge in [-0.3, -0.25) is 9.59 Å². The van der Waals surface area contributed by atoms with E-state index in [0.717, 1.165) is 6.26 Å². The molecular weight excluding hydrogens is 624 g/mol. The minimum absolute atomic E-state index is 0.0289. The highest BCUT2D eigenvalue weighted by Gasteiger charge is 2.18. The highest BCUT2D eigenvalue weighted by atomic mass is 79.9. The summed E-state index contributed by atoms with van der Waals surface area (Å²) in [6.45, 7) is -0.0605. The van der Waals surface area contributed by atoms with E-state index in [2.05, 4.69) is 26.6 Å². The number of carbonyl (C=O) groups excluding carboxylic acids is 2. The van der Waals surface area contributed by atoms with Crippen molar-refractivity contribution in [2.24, 2.45) is 0 Å². The summed E-state index contributed by atoms with van der Waals surface area (Å²) >= 11 is 15.4. The first-order chi connectivity index (χ1) is 17.9. The lowest BCUT2D eigenvalue weighted by Crippen LogP contribution is -2.28. The number of hydrogen-bond acceptors (Lipinski definition) is 6. The van der Waals surface area contributed by atoms with Crippen molar-refractivity contribution < 1.29 is 27.1 Å². The average molecular weight is 643 g/mol. The second-order valence-electron chi connectivity index (χ2n) is 8.04. The Labute approximate surface area is 236 Å². The normalized spacial score (nSPS) is 10.9. The minimum atomic E-state index is -3.23. The van der Waals surface area contributed by atoms with Crippen LogP contribution in [-0.2, 0) is 21.1 Å². The number of anilines is 1. The molecule has 13 heteroatoms. The zero-order valence-electron chi connectivity index (χ0n) is 19.6. The van der Waals surface area contributed by atoms with Gasteiger partial charge in [-0.05, 0) is 58.4 Å². The molecule has 3 rings (SSSR count). The van der Waals surface area contributed by atoms with Gasteiger partial charge in [-0.2, -0.15) is 5.26 Å². The molecule has 38 heavy (non-hydrogen) atoms. The minimum Gasteiger partial charge on any atom is -0.453 e. The number of nitriles is 1. The first kappa shape index (κ1) is 29.4. The van der Waals surface area contributed by atoms with Gasteiger partial charge < -0.3 is 15.4 Å². The summed E-state index contributed by atoms with van der Waals surface area (Å²) in [4.78, 5) is 24.9. The molecule has 3 aromatic carbocycles. The summed E-state index contributed by atoms with van der Waals surface area (Å²) in [7, 11) is -3.23. The number of sulfone groups is 1. The van der Waals surface area contributed by atoms with Crippen LogP contribution in [0.4, 0.5) is 10.1 Å². The quantitative estimate of drug-likeness (QED) is 0.317. The third kappa shape index (κ3) is 8.16. The number of benzene rings is 3. The number of nitrogens with zero attached hydrogens (tertiary/aromatic N) is 1. The van der Waals surface area contributed by atoms with Crippen LogP contribution in [-0.4, -0.2) is 38.8 Å². The molecule has 0 saturated carbocycles. The van der Waals surface area contributed by atoms with Crippen molar-refractivity contribution >= 4 is 66.5 Å². The van der Waals surface area contributed by atoms with Gasteiger partial charge in [0, 0.05) is 29.0 Å². The van der Waals surface area contributed by atoms with Crippen LogP contribution in [0.2, 0.25) is 10.0 Å². The molecule has 0 aliphatic rings. The van der Waals surface area contributed by atoms with Crippen LogP contribution in [0.25, 0.3) is 0 Å². The first-order valence-electron chi connectivity index (χ1n) is 10.8. The third-order valence-electron chi connectivity index (χ3n) is 4.96. The van der Waals surface area contributed by atoms with Crippen LogP contribution in [0, 0.1) is 17.1 Å². The van der Waals surface area contributed by atoms with E-state index in [1.54, 1.807) is 0 Å². The molecule has 0 unspecified atom stereocenters. The Morgan fingerprint density at radius 3 is 2.53 bits per heavy atom. The fourth-order valence-corrected chi connectivity index (χ4v) is 4.50. The van der Waals surface area contributed by atoms with Gasteiger partial charge in [0.15, 0.2) is 11.6 Å². The molecule has 0 bridgehead atoms. The molecule has 0 fully saturated rings. The Morgan fingerprint density at radius 1 is 1.13 bits per heavy atom. The van der Waals surface area contributed by atoms with Crippen LogP contribution < -0.4 is 15.4 Å². The summed E-state index contributed by atoms with van der Waals surface area (Å²) in [5.74, 6) is -2.16. The smallest absolute Gasteiger partial charge is 0.251 e. The second-order valence-corrected chi connectivity index (χ2v) is 12.0.